The number of hydrogen-bond acceptors (Lipinski definition) is 5. The van der Waals surface area contributed by atoms with Crippen molar-refractivity contribution in [3.63, 3.8) is 0 Å². The van der Waals surface area contributed by atoms with E-state index in [1.165, 1.54) is 19.2 Å². The van der Waals surface area contributed by atoms with E-state index >= 15 is 0 Å². The second kappa shape index (κ2) is 5.42. The molecule has 0 saturated carbocycles. The summed E-state index contributed by atoms with van der Waals surface area (Å²) in [5.41, 5.74) is 6.67. The van der Waals surface area contributed by atoms with Gasteiger partial charge in [0.2, 0.25) is 5.88 Å². The molecular formula is C13H22N4O. The molecule has 0 aromatic carbocycles. The fraction of sp³-hybridized carbons (Fsp3) is 0.692. The molecule has 1 aliphatic rings. The average Bonchev–Trinajstić information content (AvgIpc) is 2.31. The van der Waals surface area contributed by atoms with Gasteiger partial charge in [-0.05, 0) is 32.6 Å². The van der Waals surface area contributed by atoms with Crippen LogP contribution in [-0.4, -0.2) is 29.2 Å². The molecule has 1 atom stereocenters. The van der Waals surface area contributed by atoms with E-state index in [0.29, 0.717) is 17.5 Å². The summed E-state index contributed by atoms with van der Waals surface area (Å²) in [6.45, 7) is 8.19. The minimum atomic E-state index is 0.0651. The second-order valence-corrected chi connectivity index (χ2v) is 5.28. The predicted octanol–water partition coefficient (Wildman–Crippen LogP) is 2.08. The van der Waals surface area contributed by atoms with Crippen LogP contribution in [0.3, 0.4) is 0 Å². The molecule has 0 aliphatic carbocycles. The normalized spacial score (nSPS) is 20.2. The number of piperidine rings is 1. The molecule has 1 unspecified atom stereocenters. The SMILES string of the molecule is CC1CCCN(c2ncnc(OC(C)C)c2N)C1. The van der Waals surface area contributed by atoms with Gasteiger partial charge in [-0.15, -0.1) is 0 Å². The maximum Gasteiger partial charge on any atom is 0.242 e. The summed E-state index contributed by atoms with van der Waals surface area (Å²) >= 11 is 0. The molecule has 1 aromatic heterocycles. The zero-order valence-corrected chi connectivity index (χ0v) is 11.4. The predicted molar refractivity (Wildman–Crippen MR) is 72.8 cm³/mol. The molecule has 1 fully saturated rings. The van der Waals surface area contributed by atoms with Crippen molar-refractivity contribution < 1.29 is 4.74 Å². The Kier molecular flexibility index (Phi) is 3.89. The number of hydrogen-bond donors (Lipinski definition) is 1. The van der Waals surface area contributed by atoms with Crippen LogP contribution in [0.1, 0.15) is 33.6 Å². The van der Waals surface area contributed by atoms with E-state index in [4.69, 9.17) is 10.5 Å². The third-order valence-electron chi connectivity index (χ3n) is 3.13. The summed E-state index contributed by atoms with van der Waals surface area (Å²) in [4.78, 5) is 10.7. The standard InChI is InChI=1S/C13H22N4O/c1-9(2)18-13-11(14)12(15-8-16-13)17-6-4-5-10(3)7-17/h8-10H,4-7,14H2,1-3H3. The van der Waals surface area contributed by atoms with Gasteiger partial charge in [-0.25, -0.2) is 4.98 Å². The lowest BCUT2D eigenvalue weighted by atomic mass is 10.0. The van der Waals surface area contributed by atoms with Crippen LogP contribution in [0.4, 0.5) is 11.5 Å². The first-order chi connectivity index (χ1) is 8.58. The third-order valence-corrected chi connectivity index (χ3v) is 3.13. The van der Waals surface area contributed by atoms with Gasteiger partial charge in [0.15, 0.2) is 5.82 Å². The van der Waals surface area contributed by atoms with Crippen LogP contribution in [-0.2, 0) is 0 Å². The average molecular weight is 250 g/mol. The van der Waals surface area contributed by atoms with Gasteiger partial charge in [-0.2, -0.15) is 4.98 Å². The number of rotatable bonds is 3. The van der Waals surface area contributed by atoms with Gasteiger partial charge in [0.1, 0.15) is 12.0 Å². The zero-order chi connectivity index (χ0) is 13.1. The maximum atomic E-state index is 6.12. The van der Waals surface area contributed by atoms with Gasteiger partial charge < -0.3 is 15.4 Å². The minimum Gasteiger partial charge on any atom is -0.473 e. The van der Waals surface area contributed by atoms with E-state index in [0.717, 1.165) is 18.9 Å². The van der Waals surface area contributed by atoms with Crippen molar-refractivity contribution in [2.24, 2.45) is 5.92 Å². The van der Waals surface area contributed by atoms with Crippen molar-refractivity contribution in [3.05, 3.63) is 6.33 Å². The van der Waals surface area contributed by atoms with E-state index in [-0.39, 0.29) is 6.10 Å². The molecule has 2 rings (SSSR count). The Morgan fingerprint density at radius 2 is 2.22 bits per heavy atom. The van der Waals surface area contributed by atoms with E-state index < -0.39 is 0 Å². The molecule has 0 amide bonds. The number of anilines is 2. The van der Waals surface area contributed by atoms with E-state index in [9.17, 15) is 0 Å². The maximum absolute atomic E-state index is 6.12. The quantitative estimate of drug-likeness (QED) is 0.889. The summed E-state index contributed by atoms with van der Waals surface area (Å²) in [5, 5.41) is 0. The summed E-state index contributed by atoms with van der Waals surface area (Å²) < 4.78 is 5.60. The van der Waals surface area contributed by atoms with Crippen LogP contribution in [0.25, 0.3) is 0 Å². The monoisotopic (exact) mass is 250 g/mol. The lowest BCUT2D eigenvalue weighted by molar-refractivity contribution is 0.234. The third kappa shape index (κ3) is 2.83. The molecule has 0 spiro atoms. The molecule has 5 nitrogen and oxygen atoms in total. The van der Waals surface area contributed by atoms with Crippen LogP contribution in [0.15, 0.2) is 6.33 Å². The zero-order valence-electron chi connectivity index (χ0n) is 11.4. The molecule has 0 bridgehead atoms. The van der Waals surface area contributed by atoms with Gasteiger partial charge in [0.25, 0.3) is 0 Å². The van der Waals surface area contributed by atoms with Crippen molar-refractivity contribution in [2.75, 3.05) is 23.7 Å². The summed E-state index contributed by atoms with van der Waals surface area (Å²) in [6.07, 6.45) is 4.06. The number of nitrogens with two attached hydrogens (primary N) is 1. The highest BCUT2D eigenvalue weighted by Crippen LogP contribution is 2.31. The van der Waals surface area contributed by atoms with E-state index in [1.54, 1.807) is 0 Å². The van der Waals surface area contributed by atoms with Gasteiger partial charge in [-0.3, -0.25) is 0 Å². The molecule has 18 heavy (non-hydrogen) atoms. The van der Waals surface area contributed by atoms with E-state index in [2.05, 4.69) is 21.8 Å². The fourth-order valence-electron chi connectivity index (χ4n) is 2.32. The van der Waals surface area contributed by atoms with Crippen molar-refractivity contribution in [1.29, 1.82) is 0 Å². The highest BCUT2D eigenvalue weighted by atomic mass is 16.5. The lowest BCUT2D eigenvalue weighted by Gasteiger charge is -2.32. The molecule has 2 N–H and O–H groups in total. The highest BCUT2D eigenvalue weighted by molar-refractivity contribution is 5.67. The smallest absolute Gasteiger partial charge is 0.242 e. The van der Waals surface area contributed by atoms with Crippen LogP contribution < -0.4 is 15.4 Å². The molecule has 2 heterocycles. The first-order valence-electron chi connectivity index (χ1n) is 6.60. The Hall–Kier alpha value is -1.52. The molecule has 1 aromatic rings. The molecule has 1 aliphatic heterocycles. The Balaban J connectivity index is 2.22. The highest BCUT2D eigenvalue weighted by Gasteiger charge is 2.21. The Bertz CT molecular complexity index is 408. The van der Waals surface area contributed by atoms with Gasteiger partial charge in [-0.1, -0.05) is 6.92 Å². The van der Waals surface area contributed by atoms with E-state index in [1.807, 2.05) is 13.8 Å². The van der Waals surface area contributed by atoms with Crippen molar-refractivity contribution >= 4 is 11.5 Å². The summed E-state index contributed by atoms with van der Waals surface area (Å²) in [6, 6.07) is 0. The second-order valence-electron chi connectivity index (χ2n) is 5.28. The van der Waals surface area contributed by atoms with Gasteiger partial charge in [0.05, 0.1) is 6.10 Å². The molecule has 5 heteroatoms. The van der Waals surface area contributed by atoms with Crippen LogP contribution in [0.5, 0.6) is 5.88 Å². The minimum absolute atomic E-state index is 0.0651. The van der Waals surface area contributed by atoms with Crippen LogP contribution in [0.2, 0.25) is 0 Å². The first kappa shape index (κ1) is 12.9. The van der Waals surface area contributed by atoms with Gasteiger partial charge >= 0.3 is 0 Å². The van der Waals surface area contributed by atoms with Crippen molar-refractivity contribution in [3.8, 4) is 5.88 Å². The Morgan fingerprint density at radius 1 is 1.44 bits per heavy atom. The number of nitrogen functional groups attached to an aromatic ring is 1. The Morgan fingerprint density at radius 3 is 2.89 bits per heavy atom. The number of aromatic nitrogens is 2. The first-order valence-corrected chi connectivity index (χ1v) is 6.60. The largest absolute Gasteiger partial charge is 0.473 e. The molecular weight excluding hydrogens is 228 g/mol. The summed E-state index contributed by atoms with van der Waals surface area (Å²) in [7, 11) is 0. The summed E-state index contributed by atoms with van der Waals surface area (Å²) in [5.74, 6) is 1.99. The Labute approximate surface area is 108 Å². The topological polar surface area (TPSA) is 64.3 Å². The molecule has 1 saturated heterocycles. The van der Waals surface area contributed by atoms with Crippen molar-refractivity contribution in [1.82, 2.24) is 9.97 Å². The van der Waals surface area contributed by atoms with Crippen LogP contribution >= 0.6 is 0 Å². The lowest BCUT2D eigenvalue weighted by Crippen LogP contribution is -2.35. The van der Waals surface area contributed by atoms with Crippen LogP contribution in [0, 0.1) is 5.92 Å². The fourth-order valence-corrected chi connectivity index (χ4v) is 2.32. The molecule has 100 valence electrons. The molecule has 0 radical (unpaired) electrons. The van der Waals surface area contributed by atoms with Crippen molar-refractivity contribution in [2.45, 2.75) is 39.7 Å². The number of nitrogens with zero attached hydrogens (tertiary/aromatic N) is 3. The van der Waals surface area contributed by atoms with Gasteiger partial charge in [0, 0.05) is 13.1 Å². The number of ether oxygens (including phenoxy) is 1.